The second kappa shape index (κ2) is 8.82. The van der Waals surface area contributed by atoms with E-state index in [1.165, 1.54) is 0 Å². The second-order valence-corrected chi connectivity index (χ2v) is 7.96. The highest BCUT2D eigenvalue weighted by Gasteiger charge is 2.19. The molecule has 3 heterocycles. The average Bonchev–Trinajstić information content (AvgIpc) is 3.28. The van der Waals surface area contributed by atoms with Crippen molar-refractivity contribution in [2.75, 3.05) is 13.7 Å². The molecular weight excluding hydrogens is 404 g/mol. The first-order valence-corrected chi connectivity index (χ1v) is 10.7. The quantitative estimate of drug-likeness (QED) is 0.450. The number of amides is 1. The van der Waals surface area contributed by atoms with Crippen LogP contribution in [0.25, 0.3) is 16.7 Å². The summed E-state index contributed by atoms with van der Waals surface area (Å²) in [6.07, 6.45) is 0.797. The fraction of sp³-hybridized carbons (Fsp3) is 0.333. The number of ether oxygens (including phenoxy) is 1. The third-order valence-corrected chi connectivity index (χ3v) is 5.44. The maximum Gasteiger partial charge on any atom is 0.252 e. The van der Waals surface area contributed by atoms with Crippen LogP contribution in [0.4, 0.5) is 0 Å². The van der Waals surface area contributed by atoms with Crippen LogP contribution >= 0.6 is 0 Å². The first kappa shape index (κ1) is 21.5. The van der Waals surface area contributed by atoms with Gasteiger partial charge < -0.3 is 10.1 Å². The van der Waals surface area contributed by atoms with Gasteiger partial charge in [0.2, 0.25) is 0 Å². The van der Waals surface area contributed by atoms with Crippen LogP contribution in [0.3, 0.4) is 0 Å². The van der Waals surface area contributed by atoms with Crippen LogP contribution < -0.4 is 10.1 Å². The largest absolute Gasteiger partial charge is 0.497 e. The molecule has 0 saturated heterocycles. The van der Waals surface area contributed by atoms with Gasteiger partial charge >= 0.3 is 0 Å². The number of carbonyl (C=O) groups excluding carboxylic acids is 1. The summed E-state index contributed by atoms with van der Waals surface area (Å²) in [5.74, 6) is 0.651. The summed E-state index contributed by atoms with van der Waals surface area (Å²) in [4.78, 5) is 17.7. The van der Waals surface area contributed by atoms with E-state index in [0.717, 1.165) is 52.6 Å². The van der Waals surface area contributed by atoms with Crippen LogP contribution in [-0.4, -0.2) is 44.1 Å². The Kier molecular flexibility index (Phi) is 5.94. The fourth-order valence-corrected chi connectivity index (χ4v) is 3.92. The Morgan fingerprint density at radius 3 is 2.44 bits per heavy atom. The van der Waals surface area contributed by atoms with Gasteiger partial charge in [0.25, 0.3) is 5.91 Å². The number of hydrogen-bond donors (Lipinski definition) is 1. The molecule has 1 aromatic carbocycles. The van der Waals surface area contributed by atoms with Gasteiger partial charge in [0, 0.05) is 24.5 Å². The lowest BCUT2D eigenvalue weighted by Crippen LogP contribution is -2.26. The molecule has 166 valence electrons. The van der Waals surface area contributed by atoms with E-state index in [1.807, 2.05) is 62.7 Å². The smallest absolute Gasteiger partial charge is 0.252 e. The van der Waals surface area contributed by atoms with Crippen molar-refractivity contribution in [1.82, 2.24) is 29.9 Å². The Morgan fingerprint density at radius 1 is 1.03 bits per heavy atom. The van der Waals surface area contributed by atoms with Crippen LogP contribution in [-0.2, 0) is 6.54 Å². The summed E-state index contributed by atoms with van der Waals surface area (Å²) < 4.78 is 8.99. The minimum atomic E-state index is -0.119. The van der Waals surface area contributed by atoms with Crippen molar-refractivity contribution in [3.63, 3.8) is 0 Å². The van der Waals surface area contributed by atoms with Gasteiger partial charge in [-0.05, 0) is 70.5 Å². The Balaban J connectivity index is 1.56. The molecule has 0 saturated carbocycles. The van der Waals surface area contributed by atoms with Crippen LogP contribution in [0.15, 0.2) is 36.4 Å². The molecule has 4 aromatic rings. The van der Waals surface area contributed by atoms with Crippen molar-refractivity contribution in [3.05, 3.63) is 64.7 Å². The van der Waals surface area contributed by atoms with Crippen molar-refractivity contribution in [3.8, 4) is 11.4 Å². The molecule has 8 nitrogen and oxygen atoms in total. The van der Waals surface area contributed by atoms with Crippen molar-refractivity contribution < 1.29 is 9.53 Å². The number of methoxy groups -OCH3 is 1. The first-order valence-electron chi connectivity index (χ1n) is 10.7. The van der Waals surface area contributed by atoms with Gasteiger partial charge in [-0.3, -0.25) is 9.48 Å². The molecule has 0 aliphatic heterocycles. The molecule has 0 aliphatic rings. The standard InChI is InChI=1S/C24H28N6O2/c1-15-14-21(24(31)25-11-6-12-29-17(3)13-16(2)27-29)22-18(4)28-30(23(22)26-15)19-7-9-20(32-5)10-8-19/h7-10,13-14H,6,11-12H2,1-5H3,(H,25,31). The number of rotatable bonds is 7. The molecule has 0 spiro atoms. The number of pyridine rings is 1. The topological polar surface area (TPSA) is 86.9 Å². The highest BCUT2D eigenvalue weighted by atomic mass is 16.5. The summed E-state index contributed by atoms with van der Waals surface area (Å²) in [6.45, 7) is 9.14. The minimum Gasteiger partial charge on any atom is -0.497 e. The van der Waals surface area contributed by atoms with Gasteiger partial charge in [-0.1, -0.05) is 0 Å². The minimum absolute atomic E-state index is 0.119. The third-order valence-electron chi connectivity index (χ3n) is 5.44. The Labute approximate surface area is 187 Å². The van der Waals surface area contributed by atoms with Crippen molar-refractivity contribution in [2.24, 2.45) is 0 Å². The highest BCUT2D eigenvalue weighted by Crippen LogP contribution is 2.25. The van der Waals surface area contributed by atoms with Crippen LogP contribution in [0.5, 0.6) is 5.75 Å². The van der Waals surface area contributed by atoms with Gasteiger partial charge in [0.05, 0.1) is 35.1 Å². The second-order valence-electron chi connectivity index (χ2n) is 7.96. The van der Waals surface area contributed by atoms with Crippen LogP contribution in [0.1, 0.15) is 39.6 Å². The number of fused-ring (bicyclic) bond motifs is 1. The van der Waals surface area contributed by atoms with E-state index in [9.17, 15) is 4.79 Å². The first-order chi connectivity index (χ1) is 15.4. The SMILES string of the molecule is COc1ccc(-n2nc(C)c3c(C(=O)NCCCn4nc(C)cc4C)cc(C)nc32)cc1. The average molecular weight is 433 g/mol. The summed E-state index contributed by atoms with van der Waals surface area (Å²) in [5.41, 5.74) is 5.78. The van der Waals surface area contributed by atoms with Crippen molar-refractivity contribution in [1.29, 1.82) is 0 Å². The lowest BCUT2D eigenvalue weighted by Gasteiger charge is -2.09. The molecule has 3 aromatic heterocycles. The van der Waals surface area contributed by atoms with Crippen molar-refractivity contribution >= 4 is 16.9 Å². The van der Waals surface area contributed by atoms with E-state index in [2.05, 4.69) is 26.6 Å². The molecule has 1 N–H and O–H groups in total. The molecule has 0 radical (unpaired) electrons. The van der Waals surface area contributed by atoms with E-state index in [0.29, 0.717) is 17.8 Å². The van der Waals surface area contributed by atoms with Gasteiger partial charge in [0.15, 0.2) is 5.65 Å². The Hall–Kier alpha value is -3.68. The Morgan fingerprint density at radius 2 is 1.78 bits per heavy atom. The number of nitrogens with zero attached hydrogens (tertiary/aromatic N) is 5. The molecule has 0 unspecified atom stereocenters. The van der Waals surface area contributed by atoms with E-state index in [-0.39, 0.29) is 5.91 Å². The zero-order chi connectivity index (χ0) is 22.8. The van der Waals surface area contributed by atoms with E-state index in [1.54, 1.807) is 11.8 Å². The number of nitrogens with one attached hydrogen (secondary N) is 1. The molecule has 8 heteroatoms. The predicted octanol–water partition coefficient (Wildman–Crippen LogP) is 3.68. The lowest BCUT2D eigenvalue weighted by molar-refractivity contribution is 0.0954. The number of hydrogen-bond acceptors (Lipinski definition) is 5. The molecule has 4 rings (SSSR count). The summed E-state index contributed by atoms with van der Waals surface area (Å²) in [5, 5.41) is 12.9. The van der Waals surface area contributed by atoms with E-state index >= 15 is 0 Å². The lowest BCUT2D eigenvalue weighted by atomic mass is 10.1. The molecule has 0 bridgehead atoms. The number of aromatic nitrogens is 5. The zero-order valence-corrected chi connectivity index (χ0v) is 19.1. The normalized spacial score (nSPS) is 11.2. The fourth-order valence-electron chi connectivity index (χ4n) is 3.92. The van der Waals surface area contributed by atoms with Gasteiger partial charge in [0.1, 0.15) is 5.75 Å². The molecule has 32 heavy (non-hydrogen) atoms. The Bertz CT molecular complexity index is 1270. The molecular formula is C24H28N6O2. The van der Waals surface area contributed by atoms with Gasteiger partial charge in [-0.25, -0.2) is 9.67 Å². The number of benzene rings is 1. The summed E-state index contributed by atoms with van der Waals surface area (Å²) >= 11 is 0. The van der Waals surface area contributed by atoms with Gasteiger partial charge in [-0.2, -0.15) is 10.2 Å². The van der Waals surface area contributed by atoms with Crippen LogP contribution in [0, 0.1) is 27.7 Å². The van der Waals surface area contributed by atoms with Crippen LogP contribution in [0.2, 0.25) is 0 Å². The van der Waals surface area contributed by atoms with E-state index < -0.39 is 0 Å². The number of carbonyl (C=O) groups is 1. The number of aryl methyl sites for hydroxylation is 5. The van der Waals surface area contributed by atoms with E-state index in [4.69, 9.17) is 4.74 Å². The summed E-state index contributed by atoms with van der Waals surface area (Å²) in [7, 11) is 1.63. The maximum absolute atomic E-state index is 13.1. The molecule has 0 atom stereocenters. The van der Waals surface area contributed by atoms with Gasteiger partial charge in [-0.15, -0.1) is 0 Å². The summed E-state index contributed by atoms with van der Waals surface area (Å²) in [6, 6.07) is 11.5. The monoisotopic (exact) mass is 432 g/mol. The highest BCUT2D eigenvalue weighted by molar-refractivity contribution is 6.06. The molecule has 0 aliphatic carbocycles. The zero-order valence-electron chi connectivity index (χ0n) is 19.1. The third kappa shape index (κ3) is 4.21. The maximum atomic E-state index is 13.1. The molecule has 0 fully saturated rings. The predicted molar refractivity (Wildman–Crippen MR) is 124 cm³/mol. The molecule has 1 amide bonds. The van der Waals surface area contributed by atoms with Crippen molar-refractivity contribution in [2.45, 2.75) is 40.7 Å².